The minimum absolute atomic E-state index is 0.00996. The zero-order valence-electron chi connectivity index (χ0n) is 8.66. The number of hydrogen-bond acceptors (Lipinski definition) is 2. The molecule has 0 radical (unpaired) electrons. The van der Waals surface area contributed by atoms with Crippen molar-refractivity contribution in [1.82, 2.24) is 0 Å². The molecule has 1 aromatic carbocycles. The average molecular weight is 192 g/mol. The monoisotopic (exact) mass is 192 g/mol. The highest BCUT2D eigenvalue weighted by atomic mass is 16.3. The predicted octanol–water partition coefficient (Wildman–Crippen LogP) is 2.72. The van der Waals surface area contributed by atoms with Crippen molar-refractivity contribution >= 4 is 5.78 Å². The first kappa shape index (κ1) is 10.9. The van der Waals surface area contributed by atoms with Crippen LogP contribution in [0.4, 0.5) is 0 Å². The van der Waals surface area contributed by atoms with Crippen LogP contribution in [0.2, 0.25) is 0 Å². The molecule has 2 heteroatoms. The van der Waals surface area contributed by atoms with E-state index < -0.39 is 6.10 Å². The van der Waals surface area contributed by atoms with Crippen LogP contribution >= 0.6 is 0 Å². The number of carbonyl (C=O) groups excluding carboxylic acids is 1. The van der Waals surface area contributed by atoms with Gasteiger partial charge in [0.2, 0.25) is 0 Å². The van der Waals surface area contributed by atoms with E-state index in [4.69, 9.17) is 0 Å². The maximum Gasteiger partial charge on any atom is 0.160 e. The van der Waals surface area contributed by atoms with Gasteiger partial charge < -0.3 is 5.11 Å². The van der Waals surface area contributed by atoms with Crippen molar-refractivity contribution in [2.75, 3.05) is 0 Å². The van der Waals surface area contributed by atoms with Gasteiger partial charge in [0, 0.05) is 5.56 Å². The van der Waals surface area contributed by atoms with Crippen LogP contribution in [0, 0.1) is 0 Å². The zero-order valence-corrected chi connectivity index (χ0v) is 8.66. The quantitative estimate of drug-likeness (QED) is 0.745. The lowest BCUT2D eigenvalue weighted by molar-refractivity contribution is 0.100. The highest BCUT2D eigenvalue weighted by molar-refractivity contribution is 5.95. The van der Waals surface area contributed by atoms with Gasteiger partial charge in [-0.2, -0.15) is 0 Å². The summed E-state index contributed by atoms with van der Waals surface area (Å²) in [5, 5.41) is 9.80. The second-order valence-electron chi connectivity index (χ2n) is 3.45. The van der Waals surface area contributed by atoms with E-state index in [1.54, 1.807) is 6.07 Å². The fourth-order valence-corrected chi connectivity index (χ4v) is 1.54. The lowest BCUT2D eigenvalue weighted by Gasteiger charge is -2.12. The van der Waals surface area contributed by atoms with E-state index in [0.717, 1.165) is 12.0 Å². The van der Waals surface area contributed by atoms with Gasteiger partial charge in [0.15, 0.2) is 5.78 Å². The number of carbonyl (C=O) groups is 1. The average Bonchev–Trinajstić information content (AvgIpc) is 2.18. The number of rotatable bonds is 4. The smallest absolute Gasteiger partial charge is 0.160 e. The van der Waals surface area contributed by atoms with E-state index in [2.05, 4.69) is 0 Å². The Morgan fingerprint density at radius 1 is 1.43 bits per heavy atom. The number of aliphatic hydroxyl groups is 1. The van der Waals surface area contributed by atoms with Gasteiger partial charge in [-0.3, -0.25) is 4.79 Å². The van der Waals surface area contributed by atoms with E-state index in [9.17, 15) is 9.90 Å². The summed E-state index contributed by atoms with van der Waals surface area (Å²) >= 11 is 0. The Morgan fingerprint density at radius 3 is 2.64 bits per heavy atom. The van der Waals surface area contributed by atoms with E-state index in [1.807, 2.05) is 25.1 Å². The summed E-state index contributed by atoms with van der Waals surface area (Å²) < 4.78 is 0. The second kappa shape index (κ2) is 4.91. The Morgan fingerprint density at radius 2 is 2.07 bits per heavy atom. The molecular formula is C12H16O2. The first-order valence-electron chi connectivity index (χ1n) is 4.94. The maximum atomic E-state index is 11.3. The fraction of sp³-hybridized carbons (Fsp3) is 0.417. The molecule has 0 fully saturated rings. The molecule has 0 aromatic heterocycles. The first-order chi connectivity index (χ1) is 6.66. The third kappa shape index (κ3) is 2.42. The fourth-order valence-electron chi connectivity index (χ4n) is 1.54. The van der Waals surface area contributed by atoms with E-state index in [1.165, 1.54) is 6.92 Å². The molecule has 0 aliphatic heterocycles. The van der Waals surface area contributed by atoms with Crippen LogP contribution in [-0.2, 0) is 0 Å². The third-order valence-electron chi connectivity index (χ3n) is 2.26. The molecule has 0 amide bonds. The summed E-state index contributed by atoms with van der Waals surface area (Å²) in [6.07, 6.45) is 1.10. The van der Waals surface area contributed by atoms with E-state index in [-0.39, 0.29) is 5.78 Å². The van der Waals surface area contributed by atoms with Crippen LogP contribution in [0.25, 0.3) is 0 Å². The summed E-state index contributed by atoms with van der Waals surface area (Å²) in [5.74, 6) is 0.00996. The molecule has 0 saturated carbocycles. The molecule has 0 aliphatic carbocycles. The first-order valence-corrected chi connectivity index (χ1v) is 4.94. The van der Waals surface area contributed by atoms with Gasteiger partial charge in [-0.1, -0.05) is 37.6 Å². The van der Waals surface area contributed by atoms with Gasteiger partial charge in [-0.25, -0.2) is 0 Å². The number of Topliss-reactive ketones (excluding diaryl/α,β-unsaturated/α-hetero) is 1. The number of hydrogen-bond donors (Lipinski definition) is 1. The Bertz CT molecular complexity index is 318. The van der Waals surface area contributed by atoms with Crippen LogP contribution in [-0.4, -0.2) is 10.9 Å². The van der Waals surface area contributed by atoms with Crippen molar-refractivity contribution in [3.05, 3.63) is 35.4 Å². The molecule has 76 valence electrons. The van der Waals surface area contributed by atoms with Gasteiger partial charge in [0.05, 0.1) is 6.10 Å². The summed E-state index contributed by atoms with van der Waals surface area (Å²) in [6, 6.07) is 7.24. The number of aliphatic hydroxyl groups excluding tert-OH is 1. The minimum atomic E-state index is -0.514. The highest BCUT2D eigenvalue weighted by Crippen LogP contribution is 2.22. The molecular weight excluding hydrogens is 176 g/mol. The van der Waals surface area contributed by atoms with Crippen LogP contribution in [0.3, 0.4) is 0 Å². The molecule has 2 nitrogen and oxygen atoms in total. The van der Waals surface area contributed by atoms with Crippen LogP contribution in [0.15, 0.2) is 24.3 Å². The Balaban J connectivity index is 3.00. The van der Waals surface area contributed by atoms with E-state index in [0.29, 0.717) is 12.0 Å². The predicted molar refractivity (Wildman–Crippen MR) is 56.3 cm³/mol. The molecule has 0 aliphatic rings. The van der Waals surface area contributed by atoms with Gasteiger partial charge in [0.1, 0.15) is 0 Å². The van der Waals surface area contributed by atoms with E-state index >= 15 is 0 Å². The number of benzene rings is 1. The Kier molecular flexibility index (Phi) is 3.84. The lowest BCUT2D eigenvalue weighted by Crippen LogP contribution is -2.04. The second-order valence-corrected chi connectivity index (χ2v) is 3.45. The normalized spacial score (nSPS) is 12.5. The van der Waals surface area contributed by atoms with Crippen molar-refractivity contribution in [1.29, 1.82) is 0 Å². The molecule has 1 unspecified atom stereocenters. The molecule has 0 saturated heterocycles. The van der Waals surface area contributed by atoms with Crippen molar-refractivity contribution in [2.24, 2.45) is 0 Å². The molecule has 1 N–H and O–H groups in total. The molecule has 0 bridgehead atoms. The topological polar surface area (TPSA) is 37.3 Å². The van der Waals surface area contributed by atoms with Crippen molar-refractivity contribution < 1.29 is 9.90 Å². The zero-order chi connectivity index (χ0) is 10.6. The molecule has 0 heterocycles. The molecule has 1 atom stereocenters. The van der Waals surface area contributed by atoms with Crippen molar-refractivity contribution in [2.45, 2.75) is 32.8 Å². The van der Waals surface area contributed by atoms with Crippen molar-refractivity contribution in [3.8, 4) is 0 Å². The summed E-state index contributed by atoms with van der Waals surface area (Å²) in [6.45, 7) is 3.54. The van der Waals surface area contributed by atoms with Crippen LogP contribution in [0.1, 0.15) is 48.7 Å². The van der Waals surface area contributed by atoms with Crippen LogP contribution < -0.4 is 0 Å². The number of ketones is 1. The molecule has 1 aromatic rings. The Hall–Kier alpha value is -1.15. The summed E-state index contributed by atoms with van der Waals surface area (Å²) in [7, 11) is 0. The van der Waals surface area contributed by atoms with Gasteiger partial charge in [0.25, 0.3) is 0 Å². The highest BCUT2D eigenvalue weighted by Gasteiger charge is 2.13. The van der Waals surface area contributed by atoms with Gasteiger partial charge >= 0.3 is 0 Å². The van der Waals surface area contributed by atoms with Gasteiger partial charge in [-0.05, 0) is 18.9 Å². The van der Waals surface area contributed by atoms with Crippen molar-refractivity contribution in [3.63, 3.8) is 0 Å². The summed E-state index contributed by atoms with van der Waals surface area (Å²) in [5.41, 5.74) is 1.38. The lowest BCUT2D eigenvalue weighted by atomic mass is 9.97. The Labute approximate surface area is 84.6 Å². The summed E-state index contributed by atoms with van der Waals surface area (Å²) in [4.78, 5) is 11.3. The molecule has 1 rings (SSSR count). The third-order valence-corrected chi connectivity index (χ3v) is 2.26. The van der Waals surface area contributed by atoms with Crippen LogP contribution in [0.5, 0.6) is 0 Å². The van der Waals surface area contributed by atoms with Gasteiger partial charge in [-0.15, -0.1) is 0 Å². The largest absolute Gasteiger partial charge is 0.388 e. The standard InChI is InChI=1S/C12H16O2/c1-3-6-12(14)11-8-5-4-7-10(11)9(2)13/h4-5,7-8,12,14H,3,6H2,1-2H3. The minimum Gasteiger partial charge on any atom is -0.388 e. The SMILES string of the molecule is CCCC(O)c1ccccc1C(C)=O. The maximum absolute atomic E-state index is 11.3. The molecule has 0 spiro atoms. The molecule has 14 heavy (non-hydrogen) atoms.